The maximum absolute atomic E-state index is 10.4. The molecule has 0 amide bonds. The van der Waals surface area contributed by atoms with Gasteiger partial charge in [0.2, 0.25) is 0 Å². The molecule has 14 nitrogen and oxygen atoms in total. The van der Waals surface area contributed by atoms with Gasteiger partial charge in [-0.1, -0.05) is 0 Å². The largest absolute Gasteiger partial charge is 0.394 e. The van der Waals surface area contributed by atoms with Crippen molar-refractivity contribution in [2.24, 2.45) is 0 Å². The number of fused-ring (bicyclic) bond motifs is 1. The first-order valence-electron chi connectivity index (χ1n) is 9.20. The van der Waals surface area contributed by atoms with E-state index in [1.165, 1.54) is 17.2 Å². The third-order valence-corrected chi connectivity index (χ3v) is 5.27. The molecule has 2 saturated heterocycles. The lowest BCUT2D eigenvalue weighted by atomic mass is 9.99. The zero-order valence-corrected chi connectivity index (χ0v) is 15.5. The summed E-state index contributed by atoms with van der Waals surface area (Å²) in [6.07, 6.45) is -9.48. The predicted octanol–water partition coefficient (Wildman–Crippen LogP) is -4.16. The van der Waals surface area contributed by atoms with Crippen molar-refractivity contribution in [3.05, 3.63) is 12.7 Å². The van der Waals surface area contributed by atoms with E-state index in [4.69, 9.17) is 19.9 Å². The lowest BCUT2D eigenvalue weighted by molar-refractivity contribution is -0.306. The molecule has 0 aliphatic carbocycles. The molecule has 8 N–H and O–H groups in total. The standard InChI is InChI=1S/C16H23N5O9/c17-13-7-14(19-3-18-13)21(4-20-7)15-11(26)9(24)6(29-15)2-28-16-12(27)10(25)8(23)5(1-22)30-16/h3-6,8-12,15-16,22-27H,1-2H2,(H2,17,18,19)/t5-,6-,8-,9-,10+,11-,12-,15-,16-/m1/s1. The van der Waals surface area contributed by atoms with Crippen molar-refractivity contribution in [1.82, 2.24) is 19.5 Å². The van der Waals surface area contributed by atoms with E-state index < -0.39 is 61.9 Å². The van der Waals surface area contributed by atoms with E-state index in [0.29, 0.717) is 11.2 Å². The van der Waals surface area contributed by atoms with Crippen LogP contribution in [-0.4, -0.2) is 112 Å². The summed E-state index contributed by atoms with van der Waals surface area (Å²) in [7, 11) is 0. The Hall–Kier alpha value is -2.01. The summed E-state index contributed by atoms with van der Waals surface area (Å²) in [6, 6.07) is 0. The van der Waals surface area contributed by atoms with Crippen LogP contribution in [0.5, 0.6) is 0 Å². The van der Waals surface area contributed by atoms with E-state index in [-0.39, 0.29) is 12.4 Å². The minimum absolute atomic E-state index is 0.147. The van der Waals surface area contributed by atoms with Crippen LogP contribution in [0.2, 0.25) is 0 Å². The highest BCUT2D eigenvalue weighted by atomic mass is 16.7. The zero-order chi connectivity index (χ0) is 21.6. The molecule has 166 valence electrons. The molecule has 4 rings (SSSR count). The van der Waals surface area contributed by atoms with Gasteiger partial charge in [0.1, 0.15) is 54.6 Å². The first-order chi connectivity index (χ1) is 14.3. The number of nitrogens with two attached hydrogens (primary N) is 1. The van der Waals surface area contributed by atoms with Gasteiger partial charge in [-0.05, 0) is 0 Å². The quantitative estimate of drug-likeness (QED) is 0.240. The van der Waals surface area contributed by atoms with Gasteiger partial charge in [0, 0.05) is 0 Å². The third kappa shape index (κ3) is 3.51. The number of nitrogen functional groups attached to an aromatic ring is 1. The van der Waals surface area contributed by atoms with Gasteiger partial charge in [-0.15, -0.1) is 0 Å². The molecule has 14 heteroatoms. The van der Waals surface area contributed by atoms with E-state index in [9.17, 15) is 30.6 Å². The SMILES string of the molecule is Nc1ncnc2c1ncn2[C@@H]1O[C@H](CO[C@@H]2O[C@H](CO)[C@@H](O)[C@H](O)[C@H]2O)[C@@H](O)[C@H]1O. The van der Waals surface area contributed by atoms with Crippen molar-refractivity contribution >= 4 is 17.0 Å². The van der Waals surface area contributed by atoms with Crippen LogP contribution in [0.15, 0.2) is 12.7 Å². The number of aromatic nitrogens is 4. The second-order valence-corrected chi connectivity index (χ2v) is 7.16. The van der Waals surface area contributed by atoms with Crippen LogP contribution in [0.1, 0.15) is 6.23 Å². The Labute approximate surface area is 169 Å². The van der Waals surface area contributed by atoms with Gasteiger partial charge in [0.05, 0.1) is 19.5 Å². The molecule has 0 saturated carbocycles. The fourth-order valence-corrected chi connectivity index (χ4v) is 3.55. The molecule has 2 fully saturated rings. The summed E-state index contributed by atoms with van der Waals surface area (Å²) in [5.41, 5.74) is 6.36. The van der Waals surface area contributed by atoms with Crippen LogP contribution in [0.3, 0.4) is 0 Å². The minimum atomic E-state index is -1.60. The molecule has 0 spiro atoms. The Morgan fingerprint density at radius 2 is 1.67 bits per heavy atom. The number of nitrogens with zero attached hydrogens (tertiary/aromatic N) is 4. The summed E-state index contributed by atoms with van der Waals surface area (Å²) in [6.45, 7) is -0.936. The highest BCUT2D eigenvalue weighted by Crippen LogP contribution is 2.32. The van der Waals surface area contributed by atoms with Gasteiger partial charge in [0.15, 0.2) is 24.0 Å². The van der Waals surface area contributed by atoms with Crippen molar-refractivity contribution in [3.8, 4) is 0 Å². The molecule has 9 atom stereocenters. The van der Waals surface area contributed by atoms with Gasteiger partial charge < -0.3 is 50.6 Å². The molecule has 4 heterocycles. The number of aliphatic hydroxyl groups excluding tert-OH is 6. The van der Waals surface area contributed by atoms with Crippen molar-refractivity contribution in [2.75, 3.05) is 18.9 Å². The maximum Gasteiger partial charge on any atom is 0.186 e. The molecule has 2 aliphatic rings. The van der Waals surface area contributed by atoms with Crippen LogP contribution in [0, 0.1) is 0 Å². The average molecular weight is 429 g/mol. The van der Waals surface area contributed by atoms with E-state index in [0.717, 1.165) is 0 Å². The first kappa shape index (κ1) is 21.2. The van der Waals surface area contributed by atoms with Gasteiger partial charge in [-0.2, -0.15) is 0 Å². The number of hydrogen-bond donors (Lipinski definition) is 7. The monoisotopic (exact) mass is 429 g/mol. The first-order valence-corrected chi connectivity index (χ1v) is 9.20. The van der Waals surface area contributed by atoms with E-state index in [1.54, 1.807) is 0 Å². The lowest BCUT2D eigenvalue weighted by Gasteiger charge is -2.39. The van der Waals surface area contributed by atoms with Crippen LogP contribution >= 0.6 is 0 Å². The summed E-state index contributed by atoms with van der Waals surface area (Å²) in [5.74, 6) is 0.147. The summed E-state index contributed by atoms with van der Waals surface area (Å²) >= 11 is 0. The molecule has 2 aromatic heterocycles. The van der Waals surface area contributed by atoms with Crippen molar-refractivity contribution in [1.29, 1.82) is 0 Å². The Balaban J connectivity index is 1.45. The fraction of sp³-hybridized carbons (Fsp3) is 0.688. The van der Waals surface area contributed by atoms with Crippen molar-refractivity contribution in [2.45, 2.75) is 55.2 Å². The number of rotatable bonds is 5. The predicted molar refractivity (Wildman–Crippen MR) is 95.4 cm³/mol. The molecule has 30 heavy (non-hydrogen) atoms. The zero-order valence-electron chi connectivity index (χ0n) is 15.5. The topological polar surface area (TPSA) is 219 Å². The Morgan fingerprint density at radius 1 is 0.933 bits per heavy atom. The van der Waals surface area contributed by atoms with E-state index in [2.05, 4.69) is 15.0 Å². The Bertz CT molecular complexity index is 882. The molecule has 2 aromatic rings. The summed E-state index contributed by atoms with van der Waals surface area (Å²) in [5, 5.41) is 59.7. The van der Waals surface area contributed by atoms with Crippen molar-refractivity contribution < 1.29 is 44.8 Å². The molecule has 0 aromatic carbocycles. The van der Waals surface area contributed by atoms with Crippen LogP contribution in [-0.2, 0) is 14.2 Å². The number of anilines is 1. The van der Waals surface area contributed by atoms with Gasteiger partial charge >= 0.3 is 0 Å². The average Bonchev–Trinajstić information content (AvgIpc) is 3.28. The van der Waals surface area contributed by atoms with Crippen LogP contribution in [0.25, 0.3) is 11.2 Å². The molecular formula is C16H23N5O9. The summed E-state index contributed by atoms with van der Waals surface area (Å²) < 4.78 is 17.7. The van der Waals surface area contributed by atoms with Gasteiger partial charge in [0.25, 0.3) is 0 Å². The number of ether oxygens (including phenoxy) is 3. The fourth-order valence-electron chi connectivity index (χ4n) is 3.55. The Kier molecular flexibility index (Phi) is 5.84. The van der Waals surface area contributed by atoms with Gasteiger partial charge in [-0.3, -0.25) is 4.57 Å². The number of hydrogen-bond acceptors (Lipinski definition) is 13. The third-order valence-electron chi connectivity index (χ3n) is 5.27. The normalized spacial score (nSPS) is 39.6. The molecular weight excluding hydrogens is 406 g/mol. The molecule has 0 unspecified atom stereocenters. The van der Waals surface area contributed by atoms with Gasteiger partial charge in [-0.25, -0.2) is 15.0 Å². The minimum Gasteiger partial charge on any atom is -0.394 e. The number of aliphatic hydroxyl groups is 6. The molecule has 0 radical (unpaired) electrons. The van der Waals surface area contributed by atoms with E-state index >= 15 is 0 Å². The summed E-state index contributed by atoms with van der Waals surface area (Å²) in [4.78, 5) is 12.0. The maximum atomic E-state index is 10.4. The van der Waals surface area contributed by atoms with Crippen LogP contribution < -0.4 is 5.73 Å². The highest BCUT2D eigenvalue weighted by Gasteiger charge is 2.47. The molecule has 0 bridgehead atoms. The molecule has 2 aliphatic heterocycles. The van der Waals surface area contributed by atoms with Crippen LogP contribution in [0.4, 0.5) is 5.82 Å². The second-order valence-electron chi connectivity index (χ2n) is 7.16. The second kappa shape index (κ2) is 8.26. The van der Waals surface area contributed by atoms with E-state index in [1.807, 2.05) is 0 Å². The highest BCUT2D eigenvalue weighted by molar-refractivity contribution is 5.81. The Morgan fingerprint density at radius 3 is 2.40 bits per heavy atom. The smallest absolute Gasteiger partial charge is 0.186 e. The number of imidazole rings is 1. The van der Waals surface area contributed by atoms with Crippen molar-refractivity contribution in [3.63, 3.8) is 0 Å². The lowest BCUT2D eigenvalue weighted by Crippen LogP contribution is -2.59.